The minimum absolute atomic E-state index is 0.0779. The average Bonchev–Trinajstić information content (AvgIpc) is 3.01. The van der Waals surface area contributed by atoms with E-state index >= 15 is 0 Å². The summed E-state index contributed by atoms with van der Waals surface area (Å²) in [5, 5.41) is 0. The molecule has 148 valence electrons. The zero-order valence-corrected chi connectivity index (χ0v) is 16.4. The number of benzene rings is 1. The first-order valence-electron chi connectivity index (χ1n) is 10.4. The Kier molecular flexibility index (Phi) is 5.91. The minimum Gasteiger partial charge on any atom is -0.337 e. The van der Waals surface area contributed by atoms with Gasteiger partial charge in [0.15, 0.2) is 0 Å². The van der Waals surface area contributed by atoms with Gasteiger partial charge in [-0.25, -0.2) is 0 Å². The number of amides is 1. The summed E-state index contributed by atoms with van der Waals surface area (Å²) < 4.78 is 1.51. The topological polar surface area (TPSA) is 45.6 Å². The van der Waals surface area contributed by atoms with Gasteiger partial charge in [-0.2, -0.15) is 0 Å². The van der Waals surface area contributed by atoms with E-state index in [1.165, 1.54) is 22.6 Å². The summed E-state index contributed by atoms with van der Waals surface area (Å²) in [6, 6.07) is 16.0. The number of rotatable bonds is 6. The number of carbonyl (C=O) groups excluding carboxylic acids is 1. The lowest BCUT2D eigenvalue weighted by molar-refractivity contribution is -0.136. The van der Waals surface area contributed by atoms with E-state index in [9.17, 15) is 9.59 Å². The van der Waals surface area contributed by atoms with Crippen molar-refractivity contribution in [2.24, 2.45) is 5.92 Å². The first-order valence-corrected chi connectivity index (χ1v) is 10.4. The van der Waals surface area contributed by atoms with Crippen molar-refractivity contribution < 1.29 is 4.79 Å². The summed E-state index contributed by atoms with van der Waals surface area (Å²) in [6.45, 7) is 4.11. The van der Waals surface area contributed by atoms with Crippen molar-refractivity contribution in [2.75, 3.05) is 26.2 Å². The van der Waals surface area contributed by atoms with Gasteiger partial charge < -0.3 is 14.4 Å². The fourth-order valence-corrected chi connectivity index (χ4v) is 4.65. The molecule has 3 aliphatic rings. The molecule has 3 saturated heterocycles. The van der Waals surface area contributed by atoms with E-state index < -0.39 is 0 Å². The van der Waals surface area contributed by atoms with Crippen LogP contribution in [0.5, 0.6) is 0 Å². The maximum absolute atomic E-state index is 12.9. The van der Waals surface area contributed by atoms with Crippen molar-refractivity contribution in [3.05, 3.63) is 70.6 Å². The highest BCUT2D eigenvalue weighted by molar-refractivity contribution is 5.76. The van der Waals surface area contributed by atoms with E-state index in [-0.39, 0.29) is 24.1 Å². The lowest BCUT2D eigenvalue weighted by atomic mass is 9.95. The summed E-state index contributed by atoms with van der Waals surface area (Å²) in [6.07, 6.45) is 6.24. The molecule has 0 saturated carbocycles. The first kappa shape index (κ1) is 18.9. The molecule has 5 rings (SSSR count). The third-order valence-electron chi connectivity index (χ3n) is 6.10. The summed E-state index contributed by atoms with van der Waals surface area (Å²) in [7, 11) is 0. The van der Waals surface area contributed by atoms with Crippen molar-refractivity contribution in [3.63, 3.8) is 0 Å². The van der Waals surface area contributed by atoms with Crippen molar-refractivity contribution in [2.45, 2.75) is 38.3 Å². The third-order valence-corrected chi connectivity index (χ3v) is 6.10. The molecule has 5 nitrogen and oxygen atoms in total. The Balaban J connectivity index is 1.34. The molecule has 5 heteroatoms. The van der Waals surface area contributed by atoms with E-state index in [1.807, 2.05) is 4.90 Å². The summed E-state index contributed by atoms with van der Waals surface area (Å²) in [4.78, 5) is 29.4. The summed E-state index contributed by atoms with van der Waals surface area (Å²) in [5.41, 5.74) is 1.28. The van der Waals surface area contributed by atoms with E-state index in [2.05, 4.69) is 35.2 Å². The molecule has 1 aromatic heterocycles. The number of nitrogens with zero attached hydrogens (tertiary/aromatic N) is 3. The van der Waals surface area contributed by atoms with E-state index in [0.717, 1.165) is 45.4 Å². The largest absolute Gasteiger partial charge is 0.337 e. The van der Waals surface area contributed by atoms with Crippen LogP contribution in [-0.4, -0.2) is 52.5 Å². The van der Waals surface area contributed by atoms with Crippen LogP contribution < -0.4 is 5.56 Å². The smallest absolute Gasteiger partial charge is 0.250 e. The van der Waals surface area contributed by atoms with Gasteiger partial charge in [-0.3, -0.25) is 9.59 Å². The number of pyridine rings is 1. The fraction of sp³-hybridized carbons (Fsp3) is 0.478. The Morgan fingerprint density at radius 1 is 0.964 bits per heavy atom. The monoisotopic (exact) mass is 379 g/mol. The molecule has 0 aliphatic carbocycles. The van der Waals surface area contributed by atoms with Gasteiger partial charge in [-0.1, -0.05) is 36.4 Å². The molecule has 2 aromatic rings. The van der Waals surface area contributed by atoms with Crippen molar-refractivity contribution in [1.82, 2.24) is 14.4 Å². The van der Waals surface area contributed by atoms with Crippen LogP contribution in [-0.2, 0) is 17.8 Å². The Morgan fingerprint density at radius 3 is 2.61 bits per heavy atom. The molecule has 2 bridgehead atoms. The Hall–Kier alpha value is -2.40. The SMILES string of the molecule is O=C(Cn1ccccc1=O)N1CC2CCC1CN(CCCc1ccccc1)C2. The molecule has 1 aromatic carbocycles. The van der Waals surface area contributed by atoms with Gasteiger partial charge in [-0.15, -0.1) is 0 Å². The second kappa shape index (κ2) is 8.74. The van der Waals surface area contributed by atoms with Crippen LogP contribution in [0.3, 0.4) is 0 Å². The molecule has 4 heterocycles. The van der Waals surface area contributed by atoms with Crippen molar-refractivity contribution in [3.8, 4) is 0 Å². The molecular formula is C23H29N3O2. The normalized spacial score (nSPS) is 22.2. The van der Waals surface area contributed by atoms with Gasteiger partial charge in [0.2, 0.25) is 5.91 Å². The van der Waals surface area contributed by atoms with Gasteiger partial charge in [0.25, 0.3) is 5.56 Å². The number of fused-ring (bicyclic) bond motifs is 4. The maximum Gasteiger partial charge on any atom is 0.250 e. The molecule has 1 amide bonds. The molecule has 28 heavy (non-hydrogen) atoms. The molecule has 2 unspecified atom stereocenters. The van der Waals surface area contributed by atoms with E-state index in [4.69, 9.17) is 0 Å². The van der Waals surface area contributed by atoms with Crippen LogP contribution >= 0.6 is 0 Å². The molecule has 0 radical (unpaired) electrons. The van der Waals surface area contributed by atoms with Crippen LogP contribution in [0.1, 0.15) is 24.8 Å². The summed E-state index contributed by atoms with van der Waals surface area (Å²) in [5.74, 6) is 0.626. The number of hydrogen-bond acceptors (Lipinski definition) is 3. The molecular weight excluding hydrogens is 350 g/mol. The standard InChI is InChI=1S/C23H29N3O2/c27-22-10-4-5-14-25(22)18-23(28)26-16-20-11-12-21(26)17-24(15-20)13-6-9-19-7-2-1-3-8-19/h1-5,7-8,10,14,20-21H,6,9,11-13,15-18H2. The Labute approximate surface area is 166 Å². The van der Waals surface area contributed by atoms with Crippen LogP contribution in [0.4, 0.5) is 0 Å². The van der Waals surface area contributed by atoms with Gasteiger partial charge in [0, 0.05) is 37.9 Å². The van der Waals surface area contributed by atoms with E-state index in [1.54, 1.807) is 18.3 Å². The van der Waals surface area contributed by atoms with Gasteiger partial charge in [0.1, 0.15) is 6.54 Å². The predicted octanol–water partition coefficient (Wildman–Crippen LogP) is 2.40. The van der Waals surface area contributed by atoms with Gasteiger partial charge >= 0.3 is 0 Å². The maximum atomic E-state index is 12.9. The van der Waals surface area contributed by atoms with Crippen molar-refractivity contribution in [1.29, 1.82) is 0 Å². The van der Waals surface area contributed by atoms with E-state index in [0.29, 0.717) is 5.92 Å². The molecule has 2 atom stereocenters. The molecule has 3 fully saturated rings. The molecule has 0 N–H and O–H groups in total. The Morgan fingerprint density at radius 2 is 1.79 bits per heavy atom. The highest BCUT2D eigenvalue weighted by Crippen LogP contribution is 2.28. The van der Waals surface area contributed by atoms with Crippen LogP contribution in [0.15, 0.2) is 59.5 Å². The highest BCUT2D eigenvalue weighted by Gasteiger charge is 2.36. The first-order chi connectivity index (χ1) is 13.7. The predicted molar refractivity (Wildman–Crippen MR) is 110 cm³/mol. The number of aryl methyl sites for hydroxylation is 1. The zero-order valence-electron chi connectivity index (χ0n) is 16.4. The van der Waals surface area contributed by atoms with Crippen LogP contribution in [0.25, 0.3) is 0 Å². The average molecular weight is 380 g/mol. The van der Waals surface area contributed by atoms with Gasteiger partial charge in [0.05, 0.1) is 0 Å². The van der Waals surface area contributed by atoms with Crippen molar-refractivity contribution >= 4 is 5.91 Å². The third kappa shape index (κ3) is 4.53. The lowest BCUT2D eigenvalue weighted by Crippen LogP contribution is -2.49. The number of hydrogen-bond donors (Lipinski definition) is 0. The quantitative estimate of drug-likeness (QED) is 0.774. The zero-order chi connectivity index (χ0) is 19.3. The minimum atomic E-state index is -0.113. The second-order valence-corrected chi connectivity index (χ2v) is 8.16. The van der Waals surface area contributed by atoms with Crippen LogP contribution in [0, 0.1) is 5.92 Å². The second-order valence-electron chi connectivity index (χ2n) is 8.16. The fourth-order valence-electron chi connectivity index (χ4n) is 4.65. The van der Waals surface area contributed by atoms with Gasteiger partial charge in [-0.05, 0) is 49.8 Å². The number of piperidine rings is 1. The number of aromatic nitrogens is 1. The Bertz CT molecular complexity index is 848. The number of carbonyl (C=O) groups is 1. The molecule has 0 spiro atoms. The lowest BCUT2D eigenvalue weighted by Gasteiger charge is -2.36. The van der Waals surface area contributed by atoms with Crippen LogP contribution in [0.2, 0.25) is 0 Å². The molecule has 3 aliphatic heterocycles. The highest BCUT2D eigenvalue weighted by atomic mass is 16.2. The summed E-state index contributed by atoms with van der Waals surface area (Å²) >= 11 is 0.